The number of carbonyl (C=O) groups excluding carboxylic acids is 1. The molecule has 2 aromatic rings. The molecule has 1 saturated heterocycles. The maximum absolute atomic E-state index is 14.0. The van der Waals surface area contributed by atoms with Gasteiger partial charge in [-0.2, -0.15) is 4.98 Å². The van der Waals surface area contributed by atoms with Gasteiger partial charge in [0.2, 0.25) is 5.89 Å². The number of nitrogens with zero attached hydrogens (tertiary/aromatic N) is 3. The van der Waals surface area contributed by atoms with Crippen LogP contribution in [0.15, 0.2) is 22.7 Å². The molecule has 0 radical (unpaired) electrons. The summed E-state index contributed by atoms with van der Waals surface area (Å²) in [5, 5.41) is 3.76. The molecule has 7 heteroatoms. The predicted molar refractivity (Wildman–Crippen MR) is 75.2 cm³/mol. The molecule has 1 atom stereocenters. The Bertz CT molecular complexity index is 701. The molecule has 6 nitrogen and oxygen atoms in total. The summed E-state index contributed by atoms with van der Waals surface area (Å²) in [5.74, 6) is 0.574. The van der Waals surface area contributed by atoms with Gasteiger partial charge in [-0.15, -0.1) is 0 Å². The molecule has 1 aliphatic rings. The fraction of sp³-hybridized carbons (Fsp3) is 0.400. The van der Waals surface area contributed by atoms with E-state index < -0.39 is 5.82 Å². The first-order valence-electron chi connectivity index (χ1n) is 7.01. The lowest BCUT2D eigenvalue weighted by Crippen LogP contribution is -2.29. The van der Waals surface area contributed by atoms with Gasteiger partial charge in [0.25, 0.3) is 5.91 Å². The molecular weight excluding hydrogens is 289 g/mol. The standard InChI is InChI=1S/C15H16FN3O3/c1-9-17-14(22-18-9)10-5-6-19(8-10)15(20)12-4-3-11(21-2)7-13(12)16/h3-4,7,10H,5-6,8H2,1-2H3/t10-/m0/s1. The van der Waals surface area contributed by atoms with E-state index in [9.17, 15) is 9.18 Å². The zero-order valence-corrected chi connectivity index (χ0v) is 12.4. The number of aromatic nitrogens is 2. The highest BCUT2D eigenvalue weighted by atomic mass is 19.1. The molecule has 22 heavy (non-hydrogen) atoms. The van der Waals surface area contributed by atoms with Crippen LogP contribution in [0.25, 0.3) is 0 Å². The molecule has 0 spiro atoms. The van der Waals surface area contributed by atoms with Gasteiger partial charge in [-0.1, -0.05) is 5.16 Å². The van der Waals surface area contributed by atoms with Crippen LogP contribution in [0.3, 0.4) is 0 Å². The number of halogens is 1. The van der Waals surface area contributed by atoms with E-state index >= 15 is 0 Å². The lowest BCUT2D eigenvalue weighted by molar-refractivity contribution is 0.0785. The van der Waals surface area contributed by atoms with E-state index in [0.29, 0.717) is 30.6 Å². The molecule has 1 fully saturated rings. The van der Waals surface area contributed by atoms with Crippen molar-refractivity contribution < 1.29 is 18.4 Å². The molecule has 1 amide bonds. The molecule has 0 saturated carbocycles. The summed E-state index contributed by atoms with van der Waals surface area (Å²) < 4.78 is 24.1. The molecule has 0 unspecified atom stereocenters. The Hall–Kier alpha value is -2.44. The Morgan fingerprint density at radius 2 is 2.32 bits per heavy atom. The number of aryl methyl sites for hydroxylation is 1. The highest BCUT2D eigenvalue weighted by Crippen LogP contribution is 2.28. The van der Waals surface area contributed by atoms with Gasteiger partial charge in [-0.25, -0.2) is 4.39 Å². The molecule has 1 aromatic carbocycles. The summed E-state index contributed by atoms with van der Waals surface area (Å²) in [5.41, 5.74) is 0.0446. The third kappa shape index (κ3) is 2.66. The lowest BCUT2D eigenvalue weighted by atomic mass is 10.1. The molecule has 0 N–H and O–H groups in total. The predicted octanol–water partition coefficient (Wildman–Crippen LogP) is 2.16. The largest absolute Gasteiger partial charge is 0.497 e. The minimum absolute atomic E-state index is 0.00598. The average molecular weight is 305 g/mol. The number of methoxy groups -OCH3 is 1. The van der Waals surface area contributed by atoms with Crippen LogP contribution in [-0.4, -0.2) is 41.1 Å². The summed E-state index contributed by atoms with van der Waals surface area (Å²) >= 11 is 0. The number of hydrogen-bond acceptors (Lipinski definition) is 5. The van der Waals surface area contributed by atoms with Crippen molar-refractivity contribution in [3.63, 3.8) is 0 Å². The smallest absolute Gasteiger partial charge is 0.256 e. The van der Waals surface area contributed by atoms with Gasteiger partial charge in [0.05, 0.1) is 18.6 Å². The Morgan fingerprint density at radius 3 is 2.95 bits per heavy atom. The van der Waals surface area contributed by atoms with E-state index in [2.05, 4.69) is 10.1 Å². The first kappa shape index (κ1) is 14.5. The SMILES string of the molecule is COc1ccc(C(=O)N2CC[C@H](c3nc(C)no3)C2)c(F)c1. The Labute approximate surface area is 126 Å². The van der Waals surface area contributed by atoms with Gasteiger partial charge in [0.15, 0.2) is 5.82 Å². The monoisotopic (exact) mass is 305 g/mol. The highest BCUT2D eigenvalue weighted by molar-refractivity contribution is 5.94. The second kappa shape index (κ2) is 5.75. The summed E-state index contributed by atoms with van der Waals surface area (Å²) in [4.78, 5) is 18.2. The highest BCUT2D eigenvalue weighted by Gasteiger charge is 2.32. The molecule has 116 valence electrons. The summed E-state index contributed by atoms with van der Waals surface area (Å²) in [6.45, 7) is 2.74. The first-order chi connectivity index (χ1) is 10.6. The van der Waals surface area contributed by atoms with Gasteiger partial charge in [0, 0.05) is 19.2 Å². The van der Waals surface area contributed by atoms with Crippen LogP contribution in [0.5, 0.6) is 5.75 Å². The normalized spacial score (nSPS) is 17.8. The van der Waals surface area contributed by atoms with E-state index in [1.165, 1.54) is 19.2 Å². The quantitative estimate of drug-likeness (QED) is 0.869. The first-order valence-corrected chi connectivity index (χ1v) is 7.01. The van der Waals surface area contributed by atoms with E-state index in [0.717, 1.165) is 6.42 Å². The van der Waals surface area contributed by atoms with Crippen molar-refractivity contribution in [3.8, 4) is 5.75 Å². The zero-order valence-electron chi connectivity index (χ0n) is 12.4. The van der Waals surface area contributed by atoms with Crippen LogP contribution in [0.4, 0.5) is 4.39 Å². The minimum atomic E-state index is -0.582. The fourth-order valence-corrected chi connectivity index (χ4v) is 2.59. The van der Waals surface area contributed by atoms with Gasteiger partial charge in [-0.05, 0) is 25.5 Å². The van der Waals surface area contributed by atoms with Crippen LogP contribution in [-0.2, 0) is 0 Å². The average Bonchev–Trinajstić information content (AvgIpc) is 3.15. The number of rotatable bonds is 3. The zero-order chi connectivity index (χ0) is 15.7. The number of benzene rings is 1. The molecular formula is C15H16FN3O3. The van der Waals surface area contributed by atoms with Crippen molar-refractivity contribution in [3.05, 3.63) is 41.3 Å². The maximum Gasteiger partial charge on any atom is 0.256 e. The van der Waals surface area contributed by atoms with Crippen LogP contribution < -0.4 is 4.74 Å². The van der Waals surface area contributed by atoms with Gasteiger partial charge in [0.1, 0.15) is 11.6 Å². The van der Waals surface area contributed by atoms with Gasteiger partial charge >= 0.3 is 0 Å². The number of likely N-dealkylation sites (tertiary alicyclic amines) is 1. The van der Waals surface area contributed by atoms with E-state index in [1.807, 2.05) is 0 Å². The summed E-state index contributed by atoms with van der Waals surface area (Å²) in [7, 11) is 1.45. The Kier molecular flexibility index (Phi) is 3.79. The van der Waals surface area contributed by atoms with Crippen molar-refractivity contribution in [2.75, 3.05) is 20.2 Å². The third-order valence-electron chi connectivity index (χ3n) is 3.77. The van der Waals surface area contributed by atoms with Crippen molar-refractivity contribution in [1.29, 1.82) is 0 Å². The van der Waals surface area contributed by atoms with Crippen molar-refractivity contribution in [1.82, 2.24) is 15.0 Å². The number of ether oxygens (including phenoxy) is 1. The molecule has 2 heterocycles. The molecule has 0 aliphatic carbocycles. The summed E-state index contributed by atoms with van der Waals surface area (Å²) in [6.07, 6.45) is 0.727. The van der Waals surface area contributed by atoms with Crippen LogP contribution in [0.2, 0.25) is 0 Å². The molecule has 1 aliphatic heterocycles. The molecule has 1 aromatic heterocycles. The maximum atomic E-state index is 14.0. The van der Waals surface area contributed by atoms with Gasteiger partial charge < -0.3 is 14.2 Å². The summed E-state index contributed by atoms with van der Waals surface area (Å²) in [6, 6.07) is 4.23. The topological polar surface area (TPSA) is 68.5 Å². The molecule has 0 bridgehead atoms. The van der Waals surface area contributed by atoms with Crippen molar-refractivity contribution >= 4 is 5.91 Å². The van der Waals surface area contributed by atoms with E-state index in [-0.39, 0.29) is 17.4 Å². The minimum Gasteiger partial charge on any atom is -0.497 e. The second-order valence-corrected chi connectivity index (χ2v) is 5.26. The van der Waals surface area contributed by atoms with E-state index in [4.69, 9.17) is 9.26 Å². The lowest BCUT2D eigenvalue weighted by Gasteiger charge is -2.16. The van der Waals surface area contributed by atoms with Crippen molar-refractivity contribution in [2.45, 2.75) is 19.3 Å². The second-order valence-electron chi connectivity index (χ2n) is 5.26. The van der Waals surface area contributed by atoms with Gasteiger partial charge in [-0.3, -0.25) is 4.79 Å². The van der Waals surface area contributed by atoms with Crippen molar-refractivity contribution in [2.24, 2.45) is 0 Å². The van der Waals surface area contributed by atoms with Crippen LogP contribution in [0, 0.1) is 12.7 Å². The number of hydrogen-bond donors (Lipinski definition) is 0. The third-order valence-corrected chi connectivity index (χ3v) is 3.77. The number of amides is 1. The molecule has 3 rings (SSSR count). The van der Waals surface area contributed by atoms with Crippen LogP contribution >= 0.6 is 0 Å². The number of carbonyl (C=O) groups is 1. The fourth-order valence-electron chi connectivity index (χ4n) is 2.59. The van der Waals surface area contributed by atoms with E-state index in [1.54, 1.807) is 17.9 Å². The van der Waals surface area contributed by atoms with Crippen LogP contribution in [0.1, 0.15) is 34.4 Å². The Balaban J connectivity index is 1.74. The Morgan fingerprint density at radius 1 is 1.50 bits per heavy atom.